The van der Waals surface area contributed by atoms with E-state index in [1.165, 1.54) is 31.4 Å². The van der Waals surface area contributed by atoms with E-state index in [1.54, 1.807) is 48.5 Å². The number of rotatable bonds is 6. The molecule has 0 unspecified atom stereocenters. The van der Waals surface area contributed by atoms with Crippen molar-refractivity contribution in [3.63, 3.8) is 0 Å². The average molecular weight is 458 g/mol. The van der Waals surface area contributed by atoms with E-state index in [4.69, 9.17) is 33.7 Å². The number of anilines is 1. The van der Waals surface area contributed by atoms with Crippen LogP contribution in [-0.2, 0) is 4.79 Å². The second-order valence-corrected chi connectivity index (χ2v) is 7.19. The van der Waals surface area contributed by atoms with Gasteiger partial charge in [0.1, 0.15) is 17.4 Å². The van der Waals surface area contributed by atoms with Crippen molar-refractivity contribution in [2.75, 3.05) is 12.4 Å². The molecule has 0 spiro atoms. The molecule has 0 bridgehead atoms. The van der Waals surface area contributed by atoms with Crippen molar-refractivity contribution in [2.24, 2.45) is 10.7 Å². The summed E-state index contributed by atoms with van der Waals surface area (Å²) in [4.78, 5) is 16.5. The number of ether oxygens (including phenoxy) is 1. The molecular weight excluding hydrogens is 440 g/mol. The largest absolute Gasteiger partial charge is 0.496 e. The maximum Gasteiger partial charge on any atom is 0.248 e. The molecule has 0 aliphatic carbocycles. The second-order valence-electron chi connectivity index (χ2n) is 6.35. The summed E-state index contributed by atoms with van der Waals surface area (Å²) in [5.41, 5.74) is 7.55. The van der Waals surface area contributed by atoms with E-state index >= 15 is 0 Å². The standard InChI is InChI=1S/C23H18Cl2FN3O2/c1-31-21-10-7-15(24)12-17(21)23(27)28-16-8-9-19(26)20(13-16)29-22(30)11-6-14-4-2-3-5-18(14)25/h2-13H,1H3,(H2,27,28)(H,29,30)/b11-6+. The number of methoxy groups -OCH3 is 1. The summed E-state index contributed by atoms with van der Waals surface area (Å²) < 4.78 is 19.5. The molecule has 31 heavy (non-hydrogen) atoms. The van der Waals surface area contributed by atoms with Gasteiger partial charge in [0.2, 0.25) is 5.91 Å². The van der Waals surface area contributed by atoms with Gasteiger partial charge in [0.25, 0.3) is 0 Å². The summed E-state index contributed by atoms with van der Waals surface area (Å²) in [5.74, 6) is -0.519. The third kappa shape index (κ3) is 5.84. The van der Waals surface area contributed by atoms with Crippen LogP contribution in [-0.4, -0.2) is 18.9 Å². The first-order valence-electron chi connectivity index (χ1n) is 9.08. The minimum atomic E-state index is -0.614. The summed E-state index contributed by atoms with van der Waals surface area (Å²) in [6, 6.07) is 16.0. The van der Waals surface area contributed by atoms with Crippen molar-refractivity contribution in [1.82, 2.24) is 0 Å². The summed E-state index contributed by atoms with van der Waals surface area (Å²) in [6.45, 7) is 0. The normalized spacial score (nSPS) is 11.5. The van der Waals surface area contributed by atoms with Gasteiger partial charge in [-0.05, 0) is 54.1 Å². The number of nitrogens with one attached hydrogen (secondary N) is 1. The number of nitrogens with two attached hydrogens (primary N) is 1. The van der Waals surface area contributed by atoms with Crippen LogP contribution in [0.15, 0.2) is 71.7 Å². The van der Waals surface area contributed by atoms with Crippen molar-refractivity contribution in [2.45, 2.75) is 0 Å². The molecule has 0 heterocycles. The molecule has 0 aromatic heterocycles. The molecule has 0 radical (unpaired) electrons. The maximum atomic E-state index is 14.2. The Labute approximate surface area is 189 Å². The summed E-state index contributed by atoms with van der Waals surface area (Å²) in [7, 11) is 1.50. The Balaban J connectivity index is 1.82. The van der Waals surface area contributed by atoms with Crippen LogP contribution in [0.2, 0.25) is 10.0 Å². The van der Waals surface area contributed by atoms with Crippen LogP contribution >= 0.6 is 23.2 Å². The lowest BCUT2D eigenvalue weighted by molar-refractivity contribution is -0.111. The van der Waals surface area contributed by atoms with Crippen LogP contribution in [0.3, 0.4) is 0 Å². The number of halogens is 3. The van der Waals surface area contributed by atoms with Crippen LogP contribution in [0.5, 0.6) is 5.75 Å². The third-order valence-corrected chi connectivity index (χ3v) is 4.79. The molecule has 5 nitrogen and oxygen atoms in total. The number of amidine groups is 1. The van der Waals surface area contributed by atoms with Crippen LogP contribution < -0.4 is 15.8 Å². The maximum absolute atomic E-state index is 14.2. The molecule has 0 saturated carbocycles. The van der Waals surface area contributed by atoms with E-state index in [1.807, 2.05) is 0 Å². The average Bonchev–Trinajstić information content (AvgIpc) is 2.75. The fraction of sp³-hybridized carbons (Fsp3) is 0.0435. The molecule has 3 aromatic rings. The molecule has 8 heteroatoms. The van der Waals surface area contributed by atoms with Gasteiger partial charge >= 0.3 is 0 Å². The van der Waals surface area contributed by atoms with Gasteiger partial charge in [0, 0.05) is 16.1 Å². The topological polar surface area (TPSA) is 76.7 Å². The Kier molecular flexibility index (Phi) is 7.28. The Morgan fingerprint density at radius 1 is 1.13 bits per heavy atom. The molecule has 3 N–H and O–H groups in total. The van der Waals surface area contributed by atoms with E-state index in [2.05, 4.69) is 10.3 Å². The van der Waals surface area contributed by atoms with Gasteiger partial charge in [-0.2, -0.15) is 0 Å². The predicted octanol–water partition coefficient (Wildman–Crippen LogP) is 5.83. The number of hydrogen-bond donors (Lipinski definition) is 2. The molecule has 158 valence electrons. The molecule has 3 rings (SSSR count). The number of nitrogens with zero attached hydrogens (tertiary/aromatic N) is 1. The van der Waals surface area contributed by atoms with Crippen LogP contribution in [0.4, 0.5) is 15.8 Å². The number of carbonyl (C=O) groups excluding carboxylic acids is 1. The minimum absolute atomic E-state index is 0.0408. The van der Waals surface area contributed by atoms with Gasteiger partial charge in [-0.15, -0.1) is 0 Å². The van der Waals surface area contributed by atoms with Crippen LogP contribution in [0, 0.1) is 5.82 Å². The third-order valence-electron chi connectivity index (χ3n) is 4.21. The molecule has 0 fully saturated rings. The molecule has 0 saturated heterocycles. The van der Waals surface area contributed by atoms with E-state index in [0.717, 1.165) is 0 Å². The Hall–Kier alpha value is -3.35. The lowest BCUT2D eigenvalue weighted by atomic mass is 10.2. The number of aliphatic imine (C=N–C) groups is 1. The van der Waals surface area contributed by atoms with Gasteiger partial charge in [0.15, 0.2) is 0 Å². The number of carbonyl (C=O) groups is 1. The van der Waals surface area contributed by atoms with E-state index < -0.39 is 11.7 Å². The van der Waals surface area contributed by atoms with Gasteiger partial charge in [0.05, 0.1) is 24.0 Å². The van der Waals surface area contributed by atoms with E-state index in [0.29, 0.717) is 32.6 Å². The van der Waals surface area contributed by atoms with E-state index in [-0.39, 0.29) is 11.5 Å². The molecule has 0 aliphatic heterocycles. The lowest BCUT2D eigenvalue weighted by Crippen LogP contribution is -2.14. The van der Waals surface area contributed by atoms with Gasteiger partial charge in [-0.3, -0.25) is 4.79 Å². The number of hydrogen-bond acceptors (Lipinski definition) is 3. The Morgan fingerprint density at radius 2 is 1.90 bits per heavy atom. The van der Waals surface area contributed by atoms with E-state index in [9.17, 15) is 9.18 Å². The first-order valence-corrected chi connectivity index (χ1v) is 9.84. The SMILES string of the molecule is COc1ccc(Cl)cc1C(N)=Nc1ccc(F)c(NC(=O)/C=C/c2ccccc2Cl)c1. The highest BCUT2D eigenvalue weighted by molar-refractivity contribution is 6.32. The van der Waals surface area contributed by atoms with Crippen LogP contribution in [0.1, 0.15) is 11.1 Å². The predicted molar refractivity (Wildman–Crippen MR) is 124 cm³/mol. The van der Waals surface area contributed by atoms with Crippen molar-refractivity contribution in [3.8, 4) is 5.75 Å². The van der Waals surface area contributed by atoms with Gasteiger partial charge in [-0.1, -0.05) is 41.4 Å². The summed E-state index contributed by atoms with van der Waals surface area (Å²) in [5, 5.41) is 3.45. The zero-order valence-electron chi connectivity index (χ0n) is 16.4. The lowest BCUT2D eigenvalue weighted by Gasteiger charge is -2.09. The minimum Gasteiger partial charge on any atom is -0.496 e. The summed E-state index contributed by atoms with van der Waals surface area (Å²) >= 11 is 12.1. The van der Waals surface area contributed by atoms with Crippen molar-refractivity contribution < 1.29 is 13.9 Å². The van der Waals surface area contributed by atoms with Gasteiger partial charge < -0.3 is 15.8 Å². The molecule has 0 aliphatic rings. The molecule has 3 aromatic carbocycles. The first-order chi connectivity index (χ1) is 14.9. The van der Waals surface area contributed by atoms with Crippen molar-refractivity contribution in [1.29, 1.82) is 0 Å². The molecular formula is C23H18Cl2FN3O2. The highest BCUT2D eigenvalue weighted by Gasteiger charge is 2.10. The van der Waals surface area contributed by atoms with Gasteiger partial charge in [-0.25, -0.2) is 9.38 Å². The summed E-state index contributed by atoms with van der Waals surface area (Å²) in [6.07, 6.45) is 2.81. The number of amides is 1. The number of benzene rings is 3. The highest BCUT2D eigenvalue weighted by Crippen LogP contribution is 2.26. The van der Waals surface area contributed by atoms with Crippen molar-refractivity contribution in [3.05, 3.63) is 93.7 Å². The zero-order valence-corrected chi connectivity index (χ0v) is 17.9. The molecule has 0 atom stereocenters. The Morgan fingerprint density at radius 3 is 2.65 bits per heavy atom. The monoisotopic (exact) mass is 457 g/mol. The smallest absolute Gasteiger partial charge is 0.248 e. The quantitative estimate of drug-likeness (QED) is 0.277. The molecule has 1 amide bonds. The zero-order chi connectivity index (χ0) is 22.4. The second kappa shape index (κ2) is 10.1. The van der Waals surface area contributed by atoms with Crippen LogP contribution in [0.25, 0.3) is 6.08 Å². The highest BCUT2D eigenvalue weighted by atomic mass is 35.5. The fourth-order valence-electron chi connectivity index (χ4n) is 2.71. The Bertz CT molecular complexity index is 1180. The first kappa shape index (κ1) is 22.3. The van der Waals surface area contributed by atoms with Crippen molar-refractivity contribution >= 4 is 52.4 Å². The fourth-order valence-corrected chi connectivity index (χ4v) is 3.08.